The Hall–Kier alpha value is -2.06. The molecule has 0 aliphatic carbocycles. The fourth-order valence-corrected chi connectivity index (χ4v) is 3.56. The third-order valence-corrected chi connectivity index (χ3v) is 5.09. The maximum Gasteiger partial charge on any atom is 0.263 e. The van der Waals surface area contributed by atoms with Crippen LogP contribution < -0.4 is 11.1 Å². The Morgan fingerprint density at radius 2 is 2.19 bits per heavy atom. The van der Waals surface area contributed by atoms with Gasteiger partial charge in [0.05, 0.1) is 17.9 Å². The van der Waals surface area contributed by atoms with Gasteiger partial charge in [0.1, 0.15) is 14.7 Å². The molecule has 3 rings (SSSR count). The van der Waals surface area contributed by atoms with Crippen molar-refractivity contribution in [3.05, 3.63) is 32.7 Å². The number of nitrogens with zero attached hydrogens (tertiary/aromatic N) is 3. The molecule has 0 aromatic carbocycles. The summed E-state index contributed by atoms with van der Waals surface area (Å²) >= 11 is 2.76. The number of nitrogens with two attached hydrogens (primary N) is 1. The fourth-order valence-electron chi connectivity index (χ4n) is 1.99. The Kier molecular flexibility index (Phi) is 3.56. The number of nitrogens with one attached hydrogen (secondary N) is 1. The summed E-state index contributed by atoms with van der Waals surface area (Å²) in [5.74, 6) is -0.206. The number of carbonyl (C=O) groups excluding carboxylic acids is 1. The second-order valence-electron chi connectivity index (χ2n) is 4.54. The molecule has 6 nitrogen and oxygen atoms in total. The van der Waals surface area contributed by atoms with Gasteiger partial charge >= 0.3 is 0 Å². The number of thiophene rings is 1. The van der Waals surface area contributed by atoms with Crippen LogP contribution in [0.15, 0.2) is 11.6 Å². The highest BCUT2D eigenvalue weighted by Crippen LogP contribution is 2.34. The summed E-state index contributed by atoms with van der Waals surface area (Å²) in [6.45, 7) is 4.21. The zero-order valence-electron chi connectivity index (χ0n) is 11.5. The lowest BCUT2D eigenvalue weighted by atomic mass is 10.1. The van der Waals surface area contributed by atoms with Crippen molar-refractivity contribution in [3.8, 4) is 0 Å². The van der Waals surface area contributed by atoms with Crippen LogP contribution in [0.5, 0.6) is 0 Å². The highest BCUT2D eigenvalue weighted by molar-refractivity contribution is 7.21. The number of amides is 1. The predicted molar refractivity (Wildman–Crippen MR) is 84.6 cm³/mol. The standard InChI is InChI=1S/C13H13N5OS2/c1-6-7(2)17-18-13-9(6)10(14)11(21-13)12(19)16-5-8-15-3-4-20-8/h3-4H,5,14H2,1-2H3,(H,16,19). The van der Waals surface area contributed by atoms with Gasteiger partial charge in [-0.2, -0.15) is 5.10 Å². The van der Waals surface area contributed by atoms with E-state index in [9.17, 15) is 4.79 Å². The molecule has 0 saturated carbocycles. The minimum atomic E-state index is -0.206. The first-order valence-corrected chi connectivity index (χ1v) is 7.96. The summed E-state index contributed by atoms with van der Waals surface area (Å²) in [7, 11) is 0. The molecule has 0 aliphatic rings. The minimum Gasteiger partial charge on any atom is -0.397 e. The van der Waals surface area contributed by atoms with Crippen LogP contribution in [-0.4, -0.2) is 21.1 Å². The van der Waals surface area contributed by atoms with Gasteiger partial charge in [0.25, 0.3) is 5.91 Å². The maximum absolute atomic E-state index is 12.3. The number of hydrogen-bond donors (Lipinski definition) is 2. The number of thiazole rings is 1. The lowest BCUT2D eigenvalue weighted by Gasteiger charge is -2.02. The highest BCUT2D eigenvalue weighted by Gasteiger charge is 2.19. The number of aryl methyl sites for hydroxylation is 2. The van der Waals surface area contributed by atoms with Crippen LogP contribution >= 0.6 is 22.7 Å². The van der Waals surface area contributed by atoms with Gasteiger partial charge in [-0.15, -0.1) is 27.8 Å². The molecule has 0 radical (unpaired) electrons. The van der Waals surface area contributed by atoms with Crippen LogP contribution in [0.25, 0.3) is 10.2 Å². The SMILES string of the molecule is Cc1nnc2sc(C(=O)NCc3nccs3)c(N)c2c1C. The number of fused-ring (bicyclic) bond motifs is 1. The van der Waals surface area contributed by atoms with Crippen molar-refractivity contribution < 1.29 is 4.79 Å². The normalized spacial score (nSPS) is 11.0. The average Bonchev–Trinajstić information content (AvgIpc) is 3.09. The van der Waals surface area contributed by atoms with Crippen molar-refractivity contribution in [2.24, 2.45) is 0 Å². The summed E-state index contributed by atoms with van der Waals surface area (Å²) < 4.78 is 0. The first-order chi connectivity index (χ1) is 10.1. The topological polar surface area (TPSA) is 93.8 Å². The molecule has 0 saturated heterocycles. The summed E-state index contributed by atoms with van der Waals surface area (Å²) in [4.78, 5) is 17.6. The van der Waals surface area contributed by atoms with E-state index in [1.807, 2.05) is 19.2 Å². The summed E-state index contributed by atoms with van der Waals surface area (Å²) in [6.07, 6.45) is 1.71. The monoisotopic (exact) mass is 319 g/mol. The molecule has 3 aromatic heterocycles. The molecular weight excluding hydrogens is 306 g/mol. The van der Waals surface area contributed by atoms with E-state index in [-0.39, 0.29) is 5.91 Å². The first-order valence-electron chi connectivity index (χ1n) is 6.26. The van der Waals surface area contributed by atoms with Crippen LogP contribution in [0.4, 0.5) is 5.69 Å². The zero-order valence-corrected chi connectivity index (χ0v) is 13.1. The molecule has 0 aliphatic heterocycles. The van der Waals surface area contributed by atoms with Crippen molar-refractivity contribution in [1.82, 2.24) is 20.5 Å². The van der Waals surface area contributed by atoms with Gasteiger partial charge in [0.15, 0.2) is 0 Å². The number of nitrogen functional groups attached to an aromatic ring is 1. The van der Waals surface area contributed by atoms with Crippen LogP contribution in [0, 0.1) is 13.8 Å². The predicted octanol–water partition coefficient (Wildman–Crippen LogP) is 2.28. The van der Waals surface area contributed by atoms with Crippen molar-refractivity contribution in [2.75, 3.05) is 5.73 Å². The van der Waals surface area contributed by atoms with E-state index >= 15 is 0 Å². The molecule has 21 heavy (non-hydrogen) atoms. The van der Waals surface area contributed by atoms with Gasteiger partial charge in [0.2, 0.25) is 0 Å². The van der Waals surface area contributed by atoms with Crippen LogP contribution in [0.2, 0.25) is 0 Å². The fraction of sp³-hybridized carbons (Fsp3) is 0.231. The smallest absolute Gasteiger partial charge is 0.263 e. The average molecular weight is 319 g/mol. The summed E-state index contributed by atoms with van der Waals surface area (Å²) in [6, 6.07) is 0. The molecule has 3 heterocycles. The van der Waals surface area contributed by atoms with E-state index in [2.05, 4.69) is 20.5 Å². The second-order valence-corrected chi connectivity index (χ2v) is 6.52. The van der Waals surface area contributed by atoms with E-state index in [1.165, 1.54) is 22.7 Å². The van der Waals surface area contributed by atoms with Gasteiger partial charge in [-0.25, -0.2) is 4.98 Å². The van der Waals surface area contributed by atoms with Crippen LogP contribution in [-0.2, 0) is 6.54 Å². The Bertz CT molecular complexity index is 810. The van der Waals surface area contributed by atoms with Crippen molar-refractivity contribution in [2.45, 2.75) is 20.4 Å². The van der Waals surface area contributed by atoms with Crippen molar-refractivity contribution in [1.29, 1.82) is 0 Å². The molecule has 8 heteroatoms. The summed E-state index contributed by atoms with van der Waals surface area (Å²) in [5, 5.41) is 14.6. The van der Waals surface area contributed by atoms with E-state index in [0.717, 1.165) is 21.7 Å². The lowest BCUT2D eigenvalue weighted by Crippen LogP contribution is -2.22. The molecule has 0 fully saturated rings. The Morgan fingerprint density at radius 1 is 1.38 bits per heavy atom. The molecule has 0 bridgehead atoms. The summed E-state index contributed by atoms with van der Waals surface area (Å²) in [5.41, 5.74) is 8.39. The zero-order chi connectivity index (χ0) is 15.0. The number of carbonyl (C=O) groups is 1. The van der Waals surface area contributed by atoms with Crippen molar-refractivity contribution >= 4 is 44.5 Å². The highest BCUT2D eigenvalue weighted by atomic mass is 32.1. The van der Waals surface area contributed by atoms with E-state index in [4.69, 9.17) is 5.73 Å². The van der Waals surface area contributed by atoms with Gasteiger partial charge in [-0.1, -0.05) is 0 Å². The van der Waals surface area contributed by atoms with E-state index in [0.29, 0.717) is 21.9 Å². The number of rotatable bonds is 3. The largest absolute Gasteiger partial charge is 0.397 e. The van der Waals surface area contributed by atoms with Crippen LogP contribution in [0.1, 0.15) is 25.9 Å². The number of aromatic nitrogens is 3. The second kappa shape index (κ2) is 5.38. The third kappa shape index (κ3) is 2.47. The number of anilines is 1. The molecular formula is C13H13N5OS2. The number of hydrogen-bond acceptors (Lipinski definition) is 7. The Labute approximate surface area is 129 Å². The molecule has 0 unspecified atom stereocenters. The third-order valence-electron chi connectivity index (χ3n) is 3.22. The molecule has 108 valence electrons. The lowest BCUT2D eigenvalue weighted by molar-refractivity contribution is 0.0956. The van der Waals surface area contributed by atoms with Gasteiger partial charge in [-0.05, 0) is 19.4 Å². The van der Waals surface area contributed by atoms with E-state index < -0.39 is 0 Å². The van der Waals surface area contributed by atoms with Gasteiger partial charge < -0.3 is 11.1 Å². The minimum absolute atomic E-state index is 0.206. The molecule has 0 atom stereocenters. The molecule has 3 aromatic rings. The molecule has 1 amide bonds. The van der Waals surface area contributed by atoms with E-state index in [1.54, 1.807) is 6.20 Å². The maximum atomic E-state index is 12.3. The van der Waals surface area contributed by atoms with Gasteiger partial charge in [-0.3, -0.25) is 4.79 Å². The van der Waals surface area contributed by atoms with Crippen molar-refractivity contribution in [3.63, 3.8) is 0 Å². The van der Waals surface area contributed by atoms with Crippen LogP contribution in [0.3, 0.4) is 0 Å². The Balaban J connectivity index is 1.91. The molecule has 3 N–H and O–H groups in total. The first kappa shape index (κ1) is 13.9. The van der Waals surface area contributed by atoms with Gasteiger partial charge in [0, 0.05) is 17.0 Å². The quantitative estimate of drug-likeness (QED) is 0.772. The Morgan fingerprint density at radius 3 is 2.90 bits per heavy atom. The molecule has 0 spiro atoms.